The highest BCUT2D eigenvalue weighted by molar-refractivity contribution is 5.92. The quantitative estimate of drug-likeness (QED) is 0.796. The summed E-state index contributed by atoms with van der Waals surface area (Å²) in [5.74, 6) is -2.23. The molecule has 2 saturated carbocycles. The van der Waals surface area contributed by atoms with E-state index in [1.807, 2.05) is 0 Å². The molecular formula is C18H24F2N6O. The lowest BCUT2D eigenvalue weighted by Crippen LogP contribution is -2.46. The largest absolute Gasteiger partial charge is 0.293 e. The molecule has 1 amide bonds. The number of nitrogens with zero attached hydrogens (tertiary/aromatic N) is 4. The molecule has 2 heterocycles. The number of carbonyl (C=O) groups is 1. The number of hydrogen-bond donors (Lipinski definition) is 2. The molecule has 0 bridgehead atoms. The highest BCUT2D eigenvalue weighted by atomic mass is 19.3. The molecule has 2 N–H and O–H groups in total. The van der Waals surface area contributed by atoms with Crippen molar-refractivity contribution in [2.75, 3.05) is 0 Å². The Morgan fingerprint density at radius 1 is 1.19 bits per heavy atom. The summed E-state index contributed by atoms with van der Waals surface area (Å²) in [5, 5.41) is 10.4. The summed E-state index contributed by atoms with van der Waals surface area (Å²) in [6.07, 6.45) is 10.5. The molecule has 146 valence electrons. The van der Waals surface area contributed by atoms with Crippen molar-refractivity contribution in [3.63, 3.8) is 0 Å². The fraction of sp³-hybridized carbons (Fsp3) is 0.611. The fourth-order valence-corrected chi connectivity index (χ4v) is 3.48. The van der Waals surface area contributed by atoms with Gasteiger partial charge in [-0.3, -0.25) is 10.2 Å². The molecule has 2 aliphatic carbocycles. The number of hydrazine groups is 2. The number of nitrogens with one attached hydrogen (secondary N) is 2. The first-order valence-electron chi connectivity index (χ1n) is 9.50. The van der Waals surface area contributed by atoms with Crippen molar-refractivity contribution in [1.82, 2.24) is 31.0 Å². The zero-order chi connectivity index (χ0) is 18.9. The molecular weight excluding hydrogens is 354 g/mol. The van der Waals surface area contributed by atoms with Gasteiger partial charge in [0.2, 0.25) is 5.92 Å². The van der Waals surface area contributed by atoms with Crippen LogP contribution in [0.5, 0.6) is 0 Å². The smallest absolute Gasteiger partial charge is 0.287 e. The van der Waals surface area contributed by atoms with Gasteiger partial charge in [0, 0.05) is 25.2 Å². The van der Waals surface area contributed by atoms with Crippen LogP contribution in [0.4, 0.5) is 8.78 Å². The molecule has 0 unspecified atom stereocenters. The average molecular weight is 378 g/mol. The lowest BCUT2D eigenvalue weighted by atomic mass is 9.84. The predicted molar refractivity (Wildman–Crippen MR) is 94.1 cm³/mol. The second-order valence-electron chi connectivity index (χ2n) is 7.64. The van der Waals surface area contributed by atoms with Crippen molar-refractivity contribution in [1.29, 1.82) is 0 Å². The molecule has 4 rings (SSSR count). The van der Waals surface area contributed by atoms with E-state index in [9.17, 15) is 13.6 Å². The summed E-state index contributed by atoms with van der Waals surface area (Å²) in [6, 6.07) is 0. The molecule has 27 heavy (non-hydrogen) atoms. The maximum absolute atomic E-state index is 13.4. The number of alkyl halides is 2. The van der Waals surface area contributed by atoms with Gasteiger partial charge < -0.3 is 0 Å². The summed E-state index contributed by atoms with van der Waals surface area (Å²) >= 11 is 0. The third-order valence-electron chi connectivity index (χ3n) is 5.26. The van der Waals surface area contributed by atoms with Crippen LogP contribution in [-0.2, 0) is 13.0 Å². The van der Waals surface area contributed by atoms with Crippen molar-refractivity contribution in [3.05, 3.63) is 35.9 Å². The van der Waals surface area contributed by atoms with Crippen molar-refractivity contribution in [2.24, 2.45) is 11.8 Å². The maximum Gasteiger partial charge on any atom is 0.293 e. The number of allylic oxidation sites excluding steroid dienone is 2. The number of halogens is 2. The van der Waals surface area contributed by atoms with Crippen LogP contribution in [0.25, 0.3) is 0 Å². The van der Waals surface area contributed by atoms with Gasteiger partial charge in [0.15, 0.2) is 5.69 Å². The minimum Gasteiger partial charge on any atom is -0.287 e. The van der Waals surface area contributed by atoms with Crippen molar-refractivity contribution in [3.8, 4) is 0 Å². The van der Waals surface area contributed by atoms with Crippen LogP contribution in [0.3, 0.4) is 0 Å². The third kappa shape index (κ3) is 4.64. The van der Waals surface area contributed by atoms with E-state index < -0.39 is 5.92 Å². The number of aromatic nitrogens is 3. The van der Waals surface area contributed by atoms with Gasteiger partial charge in [-0.25, -0.2) is 19.3 Å². The van der Waals surface area contributed by atoms with Crippen LogP contribution in [0, 0.1) is 11.8 Å². The Balaban J connectivity index is 1.46. The molecule has 0 atom stereocenters. The lowest BCUT2D eigenvalue weighted by molar-refractivity contribution is -0.0457. The van der Waals surface area contributed by atoms with Crippen LogP contribution in [0.2, 0.25) is 0 Å². The second kappa shape index (κ2) is 7.28. The number of rotatable bonds is 6. The normalized spacial score (nSPS) is 21.9. The Hall–Kier alpha value is -2.45. The molecule has 9 heteroatoms. The van der Waals surface area contributed by atoms with Gasteiger partial charge in [0.1, 0.15) is 0 Å². The summed E-state index contributed by atoms with van der Waals surface area (Å²) in [6.45, 7) is 0.702. The van der Waals surface area contributed by atoms with Gasteiger partial charge in [-0.1, -0.05) is 0 Å². The molecule has 0 spiro atoms. The second-order valence-corrected chi connectivity index (χ2v) is 7.64. The molecule has 7 nitrogen and oxygen atoms in total. The first-order valence-corrected chi connectivity index (χ1v) is 9.50. The summed E-state index contributed by atoms with van der Waals surface area (Å²) in [4.78, 5) is 14.3. The molecule has 0 saturated heterocycles. The van der Waals surface area contributed by atoms with Crippen LogP contribution < -0.4 is 10.9 Å². The first-order chi connectivity index (χ1) is 13.0. The number of hydrogen-bond acceptors (Lipinski definition) is 5. The van der Waals surface area contributed by atoms with E-state index in [1.54, 1.807) is 29.3 Å². The highest BCUT2D eigenvalue weighted by Gasteiger charge is 2.36. The fourth-order valence-electron chi connectivity index (χ4n) is 3.48. The Morgan fingerprint density at radius 3 is 2.63 bits per heavy atom. The van der Waals surface area contributed by atoms with E-state index in [-0.39, 0.29) is 30.4 Å². The minimum absolute atomic E-state index is 0.0930. The number of carbonyl (C=O) groups excluding carboxylic acids is 1. The van der Waals surface area contributed by atoms with Gasteiger partial charge in [-0.2, -0.15) is 9.90 Å². The molecule has 1 aromatic heterocycles. The molecule has 0 aromatic carbocycles. The topological polar surface area (TPSA) is 75.1 Å². The first kappa shape index (κ1) is 17.9. The van der Waals surface area contributed by atoms with Gasteiger partial charge in [0.25, 0.3) is 5.91 Å². The van der Waals surface area contributed by atoms with E-state index in [4.69, 9.17) is 0 Å². The van der Waals surface area contributed by atoms with Gasteiger partial charge in [0.05, 0.1) is 12.2 Å². The van der Waals surface area contributed by atoms with Crippen molar-refractivity contribution in [2.45, 2.75) is 57.4 Å². The average Bonchev–Trinajstić information content (AvgIpc) is 3.36. The van der Waals surface area contributed by atoms with Crippen molar-refractivity contribution < 1.29 is 13.6 Å². The molecule has 1 aliphatic heterocycles. The standard InChI is InChI=1S/C18H24F2N6O/c19-18(20)7-5-13(6-8-18)11-15-16(23-26(22-15)12-14-3-4-14)17(27)24-25-10-2-1-9-21-25/h1-2,9-10,13-14,21H,3-8,11-12H2,(H,24,27). The lowest BCUT2D eigenvalue weighted by Gasteiger charge is -2.27. The van der Waals surface area contributed by atoms with Gasteiger partial charge >= 0.3 is 0 Å². The maximum atomic E-state index is 13.4. The van der Waals surface area contributed by atoms with Crippen LogP contribution >= 0.6 is 0 Å². The zero-order valence-electron chi connectivity index (χ0n) is 15.1. The van der Waals surface area contributed by atoms with Gasteiger partial charge in [-0.05, 0) is 56.1 Å². The van der Waals surface area contributed by atoms with Crippen LogP contribution in [0.15, 0.2) is 24.6 Å². The monoisotopic (exact) mass is 378 g/mol. The predicted octanol–water partition coefficient (Wildman–Crippen LogP) is 2.55. The molecule has 2 fully saturated rings. The van der Waals surface area contributed by atoms with Crippen molar-refractivity contribution >= 4 is 5.91 Å². The Bertz CT molecular complexity index is 745. The summed E-state index contributed by atoms with van der Waals surface area (Å²) in [7, 11) is 0. The Kier molecular flexibility index (Phi) is 4.84. The Morgan fingerprint density at radius 2 is 1.96 bits per heavy atom. The SMILES string of the molecule is O=C(NN1C=CC=CN1)c1nn(CC2CC2)nc1CC1CCC(F)(F)CC1. The molecule has 1 aromatic rings. The van der Waals surface area contributed by atoms with Crippen LogP contribution in [-0.4, -0.2) is 31.9 Å². The van der Waals surface area contributed by atoms with E-state index in [0.717, 1.165) is 12.8 Å². The molecule has 0 radical (unpaired) electrons. The summed E-state index contributed by atoms with van der Waals surface area (Å²) < 4.78 is 26.8. The van der Waals surface area contributed by atoms with E-state index in [0.29, 0.717) is 37.4 Å². The van der Waals surface area contributed by atoms with Crippen LogP contribution in [0.1, 0.15) is 54.7 Å². The zero-order valence-corrected chi connectivity index (χ0v) is 15.1. The van der Waals surface area contributed by atoms with E-state index in [1.165, 1.54) is 5.12 Å². The third-order valence-corrected chi connectivity index (χ3v) is 5.26. The molecule has 3 aliphatic rings. The van der Waals surface area contributed by atoms with E-state index in [2.05, 4.69) is 21.0 Å². The number of amides is 1. The summed E-state index contributed by atoms with van der Waals surface area (Å²) in [5.41, 5.74) is 6.46. The van der Waals surface area contributed by atoms with Gasteiger partial charge in [-0.15, -0.1) is 5.10 Å². The van der Waals surface area contributed by atoms with E-state index >= 15 is 0 Å². The minimum atomic E-state index is -2.56. The Labute approximate surface area is 156 Å². The highest BCUT2D eigenvalue weighted by Crippen LogP contribution is 2.37.